The van der Waals surface area contributed by atoms with Crippen LogP contribution in [-0.4, -0.2) is 16.5 Å². The Hall–Kier alpha value is -0.770. The van der Waals surface area contributed by atoms with Crippen LogP contribution < -0.4 is 5.32 Å². The highest BCUT2D eigenvalue weighted by molar-refractivity contribution is 9.10. The van der Waals surface area contributed by atoms with Gasteiger partial charge in [-0.15, -0.1) is 0 Å². The average molecular weight is 327 g/mol. The molecular formula is C15H23BrN2O. The van der Waals surface area contributed by atoms with E-state index in [2.05, 4.69) is 42.0 Å². The monoisotopic (exact) mass is 326 g/mol. The number of halogens is 1. The zero-order valence-corrected chi connectivity index (χ0v) is 13.5. The number of rotatable bonds is 3. The third-order valence-corrected chi connectivity index (χ3v) is 4.39. The molecule has 0 saturated heterocycles. The van der Waals surface area contributed by atoms with Gasteiger partial charge >= 0.3 is 0 Å². The molecule has 1 saturated carbocycles. The smallest absolute Gasteiger partial charge is 0.268 e. The van der Waals surface area contributed by atoms with Gasteiger partial charge in [-0.1, -0.05) is 6.92 Å². The molecule has 1 aromatic heterocycles. The number of carbonyl (C=O) groups excluding carboxylic acids is 1. The van der Waals surface area contributed by atoms with Crippen molar-refractivity contribution in [1.29, 1.82) is 0 Å². The van der Waals surface area contributed by atoms with Crippen LogP contribution >= 0.6 is 15.9 Å². The molecule has 0 radical (unpaired) electrons. The van der Waals surface area contributed by atoms with Crippen LogP contribution in [0.4, 0.5) is 0 Å². The van der Waals surface area contributed by atoms with Crippen molar-refractivity contribution in [2.24, 2.45) is 5.92 Å². The predicted molar refractivity (Wildman–Crippen MR) is 81.4 cm³/mol. The zero-order chi connectivity index (χ0) is 14.0. The second kappa shape index (κ2) is 6.12. The molecule has 0 atom stereocenters. The molecule has 1 amide bonds. The van der Waals surface area contributed by atoms with E-state index in [1.807, 2.05) is 16.8 Å². The molecule has 1 N–H and O–H groups in total. The second-order valence-electron chi connectivity index (χ2n) is 5.97. The Balaban J connectivity index is 2.03. The molecule has 0 aliphatic heterocycles. The Morgan fingerprint density at radius 1 is 1.37 bits per heavy atom. The number of hydrogen-bond acceptors (Lipinski definition) is 1. The minimum atomic E-state index is 0.0546. The van der Waals surface area contributed by atoms with Crippen LogP contribution in [-0.2, 0) is 0 Å². The highest BCUT2D eigenvalue weighted by Gasteiger charge is 2.22. The van der Waals surface area contributed by atoms with E-state index in [1.54, 1.807) is 0 Å². The summed E-state index contributed by atoms with van der Waals surface area (Å²) in [5, 5.41) is 3.18. The molecule has 0 aromatic carbocycles. The Kier molecular flexibility index (Phi) is 4.71. The normalized spacial score (nSPS) is 23.6. The number of aromatic nitrogens is 1. The summed E-state index contributed by atoms with van der Waals surface area (Å²) in [4.78, 5) is 12.4. The molecule has 1 aliphatic carbocycles. The highest BCUT2D eigenvalue weighted by Crippen LogP contribution is 2.24. The van der Waals surface area contributed by atoms with Crippen molar-refractivity contribution >= 4 is 21.8 Å². The van der Waals surface area contributed by atoms with Gasteiger partial charge in [0.05, 0.1) is 0 Å². The Morgan fingerprint density at radius 3 is 2.58 bits per heavy atom. The molecule has 2 rings (SSSR count). The summed E-state index contributed by atoms with van der Waals surface area (Å²) in [6.07, 6.45) is 6.63. The lowest BCUT2D eigenvalue weighted by atomic mass is 9.87. The molecular weight excluding hydrogens is 304 g/mol. The van der Waals surface area contributed by atoms with Crippen LogP contribution in [0.15, 0.2) is 16.7 Å². The first-order valence-corrected chi connectivity index (χ1v) is 7.95. The fraction of sp³-hybridized carbons (Fsp3) is 0.667. The SMILES string of the molecule is CC1CCC(NC(=O)c2cc(Br)cn2C(C)C)CC1. The van der Waals surface area contributed by atoms with Gasteiger partial charge < -0.3 is 9.88 Å². The second-order valence-corrected chi connectivity index (χ2v) is 6.89. The Bertz CT molecular complexity index is 445. The van der Waals surface area contributed by atoms with Crippen molar-refractivity contribution in [2.75, 3.05) is 0 Å². The number of nitrogens with zero attached hydrogens (tertiary/aromatic N) is 1. The predicted octanol–water partition coefficient (Wildman–Crippen LogP) is 4.14. The lowest BCUT2D eigenvalue weighted by Crippen LogP contribution is -2.38. The molecule has 3 nitrogen and oxygen atoms in total. The van der Waals surface area contributed by atoms with E-state index < -0.39 is 0 Å². The lowest BCUT2D eigenvalue weighted by molar-refractivity contribution is 0.0912. The quantitative estimate of drug-likeness (QED) is 0.889. The molecule has 1 aromatic rings. The van der Waals surface area contributed by atoms with Crippen molar-refractivity contribution in [1.82, 2.24) is 9.88 Å². The first-order chi connectivity index (χ1) is 8.97. The maximum atomic E-state index is 12.4. The number of hydrogen-bond donors (Lipinski definition) is 1. The molecule has 0 unspecified atom stereocenters. The third-order valence-electron chi connectivity index (χ3n) is 3.96. The van der Waals surface area contributed by atoms with Gasteiger partial charge in [0.2, 0.25) is 0 Å². The van der Waals surface area contributed by atoms with Crippen LogP contribution in [0.1, 0.15) is 63.0 Å². The zero-order valence-electron chi connectivity index (χ0n) is 11.9. The summed E-state index contributed by atoms with van der Waals surface area (Å²) in [6.45, 7) is 6.47. The number of nitrogens with one attached hydrogen (secondary N) is 1. The summed E-state index contributed by atoms with van der Waals surface area (Å²) in [6, 6.07) is 2.54. The van der Waals surface area contributed by atoms with Gasteiger partial charge in [0, 0.05) is 22.8 Å². The Labute approximate surface area is 123 Å². The largest absolute Gasteiger partial charge is 0.348 e. The summed E-state index contributed by atoms with van der Waals surface area (Å²) in [5.41, 5.74) is 0.750. The summed E-state index contributed by atoms with van der Waals surface area (Å²) < 4.78 is 2.98. The molecule has 0 spiro atoms. The van der Waals surface area contributed by atoms with E-state index in [4.69, 9.17) is 0 Å². The fourth-order valence-electron chi connectivity index (χ4n) is 2.72. The van der Waals surface area contributed by atoms with E-state index in [0.717, 1.165) is 28.9 Å². The van der Waals surface area contributed by atoms with Crippen LogP contribution in [0.2, 0.25) is 0 Å². The van der Waals surface area contributed by atoms with E-state index >= 15 is 0 Å². The average Bonchev–Trinajstić information content (AvgIpc) is 2.74. The molecule has 0 bridgehead atoms. The Morgan fingerprint density at radius 2 is 2.00 bits per heavy atom. The lowest BCUT2D eigenvalue weighted by Gasteiger charge is -2.27. The van der Waals surface area contributed by atoms with Crippen molar-refractivity contribution in [3.05, 3.63) is 22.4 Å². The molecule has 106 valence electrons. The van der Waals surface area contributed by atoms with Crippen LogP contribution in [0.3, 0.4) is 0 Å². The van der Waals surface area contributed by atoms with Crippen LogP contribution in [0.25, 0.3) is 0 Å². The van der Waals surface area contributed by atoms with E-state index in [0.29, 0.717) is 12.1 Å². The maximum Gasteiger partial charge on any atom is 0.268 e. The maximum absolute atomic E-state index is 12.4. The number of amides is 1. The van der Waals surface area contributed by atoms with Crippen LogP contribution in [0.5, 0.6) is 0 Å². The molecule has 19 heavy (non-hydrogen) atoms. The topological polar surface area (TPSA) is 34.0 Å². The molecule has 1 fully saturated rings. The van der Waals surface area contributed by atoms with Crippen molar-refractivity contribution < 1.29 is 4.79 Å². The fourth-order valence-corrected chi connectivity index (χ4v) is 3.16. The van der Waals surface area contributed by atoms with Gasteiger partial charge in [0.1, 0.15) is 5.69 Å². The summed E-state index contributed by atoms with van der Waals surface area (Å²) in [5.74, 6) is 0.862. The van der Waals surface area contributed by atoms with Gasteiger partial charge in [-0.25, -0.2) is 0 Å². The first-order valence-electron chi connectivity index (χ1n) is 7.15. The van der Waals surface area contributed by atoms with Crippen molar-refractivity contribution in [3.63, 3.8) is 0 Å². The van der Waals surface area contributed by atoms with Crippen molar-refractivity contribution in [2.45, 2.75) is 58.5 Å². The minimum absolute atomic E-state index is 0.0546. The third kappa shape index (κ3) is 3.62. The molecule has 1 heterocycles. The van der Waals surface area contributed by atoms with Crippen LogP contribution in [0, 0.1) is 5.92 Å². The summed E-state index contributed by atoms with van der Waals surface area (Å²) in [7, 11) is 0. The van der Waals surface area contributed by atoms with Gasteiger partial charge in [-0.3, -0.25) is 4.79 Å². The molecule has 4 heteroatoms. The first kappa shape index (κ1) is 14.6. The van der Waals surface area contributed by atoms with Gasteiger partial charge in [0.15, 0.2) is 0 Å². The van der Waals surface area contributed by atoms with Gasteiger partial charge in [-0.2, -0.15) is 0 Å². The minimum Gasteiger partial charge on any atom is -0.348 e. The number of carbonyl (C=O) groups is 1. The van der Waals surface area contributed by atoms with E-state index in [-0.39, 0.29) is 5.91 Å². The van der Waals surface area contributed by atoms with E-state index in [9.17, 15) is 4.79 Å². The van der Waals surface area contributed by atoms with Gasteiger partial charge in [-0.05, 0) is 67.4 Å². The van der Waals surface area contributed by atoms with Crippen molar-refractivity contribution in [3.8, 4) is 0 Å². The van der Waals surface area contributed by atoms with Gasteiger partial charge in [0.25, 0.3) is 5.91 Å². The molecule has 1 aliphatic rings. The van der Waals surface area contributed by atoms with E-state index in [1.165, 1.54) is 12.8 Å². The summed E-state index contributed by atoms with van der Waals surface area (Å²) >= 11 is 3.45. The standard InChI is InChI=1S/C15H23BrN2O/c1-10(2)18-9-12(16)8-14(18)15(19)17-13-6-4-11(3)5-7-13/h8-11,13H,4-7H2,1-3H3,(H,17,19). The highest BCUT2D eigenvalue weighted by atomic mass is 79.9.